The molecule has 2 amide bonds. The smallest absolute Gasteiger partial charge is 0.328 e. The first-order valence-electron chi connectivity index (χ1n) is 5.38. The van der Waals surface area contributed by atoms with Crippen LogP contribution < -0.4 is 20.1 Å². The molecule has 0 aliphatic heterocycles. The van der Waals surface area contributed by atoms with Crippen molar-refractivity contribution in [3.63, 3.8) is 0 Å². The maximum Gasteiger partial charge on any atom is 0.328 e. The molecular formula is C10H14N4O6. The number of nitrogens with one attached hydrogen (secondary N) is 2. The van der Waals surface area contributed by atoms with E-state index in [2.05, 4.69) is 15.3 Å². The number of aliphatic carboxylic acids is 1. The van der Waals surface area contributed by atoms with Crippen LogP contribution in [0.15, 0.2) is 6.07 Å². The summed E-state index contributed by atoms with van der Waals surface area (Å²) in [7, 11) is 2.75. The lowest BCUT2D eigenvalue weighted by atomic mass is 10.3. The third-order valence-electron chi connectivity index (χ3n) is 2.11. The molecule has 110 valence electrons. The molecule has 1 atom stereocenters. The molecule has 4 N–H and O–H groups in total. The Kier molecular flexibility index (Phi) is 5.47. The fourth-order valence-electron chi connectivity index (χ4n) is 1.15. The summed E-state index contributed by atoms with van der Waals surface area (Å²) >= 11 is 0. The van der Waals surface area contributed by atoms with Crippen LogP contribution in [0.5, 0.6) is 11.8 Å². The van der Waals surface area contributed by atoms with E-state index in [4.69, 9.17) is 19.7 Å². The Morgan fingerprint density at radius 2 is 1.85 bits per heavy atom. The molecule has 0 spiro atoms. The van der Waals surface area contributed by atoms with Crippen LogP contribution >= 0.6 is 0 Å². The lowest BCUT2D eigenvalue weighted by molar-refractivity contribution is -0.140. The van der Waals surface area contributed by atoms with Crippen molar-refractivity contribution in [1.29, 1.82) is 0 Å². The van der Waals surface area contributed by atoms with E-state index in [0.717, 1.165) is 0 Å². The Labute approximate surface area is 113 Å². The number of rotatable bonds is 6. The van der Waals surface area contributed by atoms with E-state index >= 15 is 0 Å². The quantitative estimate of drug-likeness (QED) is 0.524. The number of hydrogen-bond donors (Lipinski definition) is 4. The van der Waals surface area contributed by atoms with Gasteiger partial charge in [-0.15, -0.1) is 0 Å². The summed E-state index contributed by atoms with van der Waals surface area (Å²) in [4.78, 5) is 29.8. The second kappa shape index (κ2) is 7.09. The van der Waals surface area contributed by atoms with Crippen molar-refractivity contribution in [2.75, 3.05) is 26.1 Å². The van der Waals surface area contributed by atoms with E-state index in [1.165, 1.54) is 20.3 Å². The molecule has 0 aromatic carbocycles. The van der Waals surface area contributed by atoms with E-state index in [1.807, 2.05) is 5.32 Å². The standard InChI is InChI=1S/C10H14N4O6/c1-19-6-3-7(20-2)13-9(12-6)14-10(18)11-5(4-15)8(16)17/h3,5,15H,4H2,1-2H3,(H,16,17)(H2,11,12,13,14,18). The van der Waals surface area contributed by atoms with Crippen molar-refractivity contribution < 1.29 is 29.3 Å². The Hall–Kier alpha value is -2.62. The van der Waals surface area contributed by atoms with Gasteiger partial charge in [-0.3, -0.25) is 5.32 Å². The molecule has 0 saturated heterocycles. The summed E-state index contributed by atoms with van der Waals surface area (Å²) in [6.45, 7) is -0.745. The van der Waals surface area contributed by atoms with E-state index in [0.29, 0.717) is 0 Å². The summed E-state index contributed by atoms with van der Waals surface area (Å²) in [6.07, 6.45) is 0. The predicted molar refractivity (Wildman–Crippen MR) is 65.8 cm³/mol. The fourth-order valence-corrected chi connectivity index (χ4v) is 1.15. The zero-order valence-electron chi connectivity index (χ0n) is 10.8. The van der Waals surface area contributed by atoms with Crippen molar-refractivity contribution in [3.8, 4) is 11.8 Å². The molecule has 1 unspecified atom stereocenters. The highest BCUT2D eigenvalue weighted by molar-refractivity contribution is 5.90. The van der Waals surface area contributed by atoms with E-state index in [1.54, 1.807) is 0 Å². The number of amides is 2. The maximum atomic E-state index is 11.5. The van der Waals surface area contributed by atoms with E-state index in [9.17, 15) is 9.59 Å². The lowest BCUT2D eigenvalue weighted by Gasteiger charge is -2.12. The number of nitrogens with zero attached hydrogens (tertiary/aromatic N) is 2. The number of anilines is 1. The number of ether oxygens (including phenoxy) is 2. The molecule has 1 rings (SSSR count). The highest BCUT2D eigenvalue weighted by atomic mass is 16.5. The first-order chi connectivity index (χ1) is 9.49. The van der Waals surface area contributed by atoms with Crippen LogP contribution in [0.2, 0.25) is 0 Å². The number of carboxylic acids is 1. The number of aliphatic hydroxyl groups is 1. The molecular weight excluding hydrogens is 272 g/mol. The number of carbonyl (C=O) groups excluding carboxylic acids is 1. The summed E-state index contributed by atoms with van der Waals surface area (Å²) in [6, 6.07) is -0.916. The second-order valence-corrected chi connectivity index (χ2v) is 3.45. The maximum absolute atomic E-state index is 11.5. The van der Waals surface area contributed by atoms with Crippen LogP contribution in [0, 0.1) is 0 Å². The number of aromatic nitrogens is 2. The molecule has 0 aliphatic rings. The monoisotopic (exact) mass is 286 g/mol. The van der Waals surface area contributed by atoms with Gasteiger partial charge in [-0.2, -0.15) is 9.97 Å². The molecule has 1 aromatic rings. The summed E-state index contributed by atoms with van der Waals surface area (Å²) in [5, 5.41) is 21.7. The van der Waals surface area contributed by atoms with Crippen molar-refractivity contribution in [2.45, 2.75) is 6.04 Å². The van der Waals surface area contributed by atoms with Gasteiger partial charge in [0.25, 0.3) is 0 Å². The molecule has 0 bridgehead atoms. The number of hydrogen-bond acceptors (Lipinski definition) is 7. The normalized spacial score (nSPS) is 11.3. The van der Waals surface area contributed by atoms with Crippen LogP contribution in [-0.2, 0) is 4.79 Å². The number of aliphatic hydroxyl groups excluding tert-OH is 1. The van der Waals surface area contributed by atoms with Crippen LogP contribution in [0.3, 0.4) is 0 Å². The lowest BCUT2D eigenvalue weighted by Crippen LogP contribution is -2.45. The molecule has 1 aromatic heterocycles. The molecule has 0 fully saturated rings. The largest absolute Gasteiger partial charge is 0.481 e. The molecule has 20 heavy (non-hydrogen) atoms. The highest BCUT2D eigenvalue weighted by Crippen LogP contribution is 2.17. The minimum absolute atomic E-state index is 0.138. The van der Waals surface area contributed by atoms with E-state index in [-0.39, 0.29) is 17.7 Å². The van der Waals surface area contributed by atoms with Gasteiger partial charge < -0.3 is 25.0 Å². The Morgan fingerprint density at radius 3 is 2.25 bits per heavy atom. The molecule has 0 radical (unpaired) electrons. The van der Waals surface area contributed by atoms with Gasteiger partial charge in [-0.1, -0.05) is 0 Å². The first-order valence-corrected chi connectivity index (χ1v) is 5.38. The summed E-state index contributed by atoms with van der Waals surface area (Å²) in [5.41, 5.74) is 0. The zero-order valence-corrected chi connectivity index (χ0v) is 10.8. The topological polar surface area (TPSA) is 143 Å². The summed E-state index contributed by atoms with van der Waals surface area (Å²) in [5.74, 6) is -1.19. The molecule has 0 saturated carbocycles. The number of methoxy groups -OCH3 is 2. The zero-order chi connectivity index (χ0) is 15.1. The second-order valence-electron chi connectivity index (χ2n) is 3.45. The van der Waals surface area contributed by atoms with Crippen LogP contribution in [0.1, 0.15) is 0 Å². The van der Waals surface area contributed by atoms with Gasteiger partial charge in [-0.25, -0.2) is 9.59 Å². The highest BCUT2D eigenvalue weighted by Gasteiger charge is 2.19. The SMILES string of the molecule is COc1cc(OC)nc(NC(=O)NC(CO)C(=O)O)n1. The third kappa shape index (κ3) is 4.24. The van der Waals surface area contributed by atoms with Crippen molar-refractivity contribution in [1.82, 2.24) is 15.3 Å². The van der Waals surface area contributed by atoms with Crippen molar-refractivity contribution >= 4 is 17.9 Å². The average molecular weight is 286 g/mol. The van der Waals surface area contributed by atoms with Gasteiger partial charge in [0.1, 0.15) is 0 Å². The number of urea groups is 1. The van der Waals surface area contributed by atoms with Crippen LogP contribution in [-0.4, -0.2) is 59.0 Å². The fraction of sp³-hybridized carbons (Fsp3) is 0.400. The molecule has 10 nitrogen and oxygen atoms in total. The Balaban J connectivity index is 2.77. The van der Waals surface area contributed by atoms with Gasteiger partial charge >= 0.3 is 12.0 Å². The van der Waals surface area contributed by atoms with Gasteiger partial charge in [0.05, 0.1) is 26.9 Å². The molecule has 0 aliphatic carbocycles. The van der Waals surface area contributed by atoms with Gasteiger partial charge in [0, 0.05) is 0 Å². The minimum atomic E-state index is -1.43. The number of carboxylic acid groups (broad SMARTS) is 1. The van der Waals surface area contributed by atoms with Crippen LogP contribution in [0.4, 0.5) is 10.7 Å². The Bertz CT molecular complexity index is 472. The minimum Gasteiger partial charge on any atom is -0.481 e. The molecule has 10 heteroatoms. The van der Waals surface area contributed by atoms with Gasteiger partial charge in [0.2, 0.25) is 17.7 Å². The van der Waals surface area contributed by atoms with Gasteiger partial charge in [0.15, 0.2) is 6.04 Å². The first kappa shape index (κ1) is 15.4. The van der Waals surface area contributed by atoms with Crippen molar-refractivity contribution in [3.05, 3.63) is 6.07 Å². The molecule has 1 heterocycles. The van der Waals surface area contributed by atoms with Crippen molar-refractivity contribution in [2.24, 2.45) is 0 Å². The number of carbonyl (C=O) groups is 2. The average Bonchev–Trinajstić information content (AvgIpc) is 2.43. The third-order valence-corrected chi connectivity index (χ3v) is 2.11. The van der Waals surface area contributed by atoms with Crippen LogP contribution in [0.25, 0.3) is 0 Å². The van der Waals surface area contributed by atoms with E-state index < -0.39 is 24.6 Å². The predicted octanol–water partition coefficient (Wildman–Crippen LogP) is -0.939. The van der Waals surface area contributed by atoms with Gasteiger partial charge in [-0.05, 0) is 0 Å². The Morgan fingerprint density at radius 1 is 1.30 bits per heavy atom. The summed E-state index contributed by atoms with van der Waals surface area (Å²) < 4.78 is 9.76.